The van der Waals surface area contributed by atoms with Crippen LogP contribution < -0.4 is 4.74 Å². The van der Waals surface area contributed by atoms with Gasteiger partial charge in [0.05, 0.1) is 5.75 Å². The predicted octanol–water partition coefficient (Wildman–Crippen LogP) is 1.86. The van der Waals surface area contributed by atoms with Crippen LogP contribution in [0.5, 0.6) is 5.75 Å². The summed E-state index contributed by atoms with van der Waals surface area (Å²) in [7, 11) is -3.62. The first kappa shape index (κ1) is 16.5. The number of ether oxygens (including phenoxy) is 1. The second kappa shape index (κ2) is 7.38. The number of aryl methyl sites for hydroxylation is 1. The highest BCUT2D eigenvalue weighted by Gasteiger charge is 2.21. The summed E-state index contributed by atoms with van der Waals surface area (Å²) in [5.74, 6) is 0.184. The van der Waals surface area contributed by atoms with Crippen molar-refractivity contribution in [1.29, 1.82) is 0 Å². The molecule has 118 valence electrons. The van der Waals surface area contributed by atoms with E-state index < -0.39 is 21.7 Å². The molecule has 0 unspecified atom stereocenters. The first-order valence-corrected chi connectivity index (χ1v) is 8.70. The zero-order valence-corrected chi connectivity index (χ0v) is 13.2. The Hall–Kier alpha value is -1.92. The molecule has 2 rings (SSSR count). The fourth-order valence-electron chi connectivity index (χ4n) is 1.93. The van der Waals surface area contributed by atoms with Gasteiger partial charge in [0.2, 0.25) is 0 Å². The molecule has 0 spiro atoms. The second-order valence-corrected chi connectivity index (χ2v) is 6.89. The van der Waals surface area contributed by atoms with E-state index in [1.54, 1.807) is 24.3 Å². The molecule has 1 aromatic carbocycles. The second-order valence-electron chi connectivity index (χ2n) is 4.91. The van der Waals surface area contributed by atoms with Crippen molar-refractivity contribution in [3.05, 3.63) is 54.2 Å². The number of nitrogens with zero attached hydrogens (tertiary/aromatic N) is 1. The SMILES string of the molecule is CCc1ccc(OC[C@@H](O)CS(=O)(=O)c2ccccn2)cc1. The minimum absolute atomic E-state index is 0.0404. The molecule has 0 saturated carbocycles. The summed E-state index contributed by atoms with van der Waals surface area (Å²) in [6.45, 7) is 1.97. The molecule has 1 N–H and O–H groups in total. The van der Waals surface area contributed by atoms with Crippen LogP contribution in [0.1, 0.15) is 12.5 Å². The van der Waals surface area contributed by atoms with Gasteiger partial charge >= 0.3 is 0 Å². The van der Waals surface area contributed by atoms with Gasteiger partial charge in [0, 0.05) is 6.20 Å². The lowest BCUT2D eigenvalue weighted by Gasteiger charge is -2.12. The Labute approximate surface area is 130 Å². The molecule has 0 aliphatic carbocycles. The molecule has 5 nitrogen and oxygen atoms in total. The Balaban J connectivity index is 1.91. The topological polar surface area (TPSA) is 76.5 Å². The molecular formula is C16H19NO4S. The standard InChI is InChI=1S/C16H19NO4S/c1-2-13-6-8-15(9-7-13)21-11-14(18)12-22(19,20)16-5-3-4-10-17-16/h3-10,14,18H,2,11-12H2,1H3/t14-/m1/s1. The third-order valence-electron chi connectivity index (χ3n) is 3.14. The van der Waals surface area contributed by atoms with E-state index in [2.05, 4.69) is 11.9 Å². The van der Waals surface area contributed by atoms with Crippen molar-refractivity contribution >= 4 is 9.84 Å². The quantitative estimate of drug-likeness (QED) is 0.842. The molecule has 0 amide bonds. The molecule has 1 atom stereocenters. The fourth-order valence-corrected chi connectivity index (χ4v) is 3.21. The van der Waals surface area contributed by atoms with E-state index in [0.29, 0.717) is 5.75 Å². The minimum atomic E-state index is -3.62. The molecule has 0 fully saturated rings. The van der Waals surface area contributed by atoms with Crippen molar-refractivity contribution < 1.29 is 18.3 Å². The smallest absolute Gasteiger partial charge is 0.198 e. The number of hydrogen-bond acceptors (Lipinski definition) is 5. The average Bonchev–Trinajstić information content (AvgIpc) is 2.54. The third-order valence-corrected chi connectivity index (χ3v) is 4.84. The molecule has 0 saturated heterocycles. The van der Waals surface area contributed by atoms with Crippen LogP contribution >= 0.6 is 0 Å². The molecule has 0 bridgehead atoms. The monoisotopic (exact) mass is 321 g/mol. The van der Waals surface area contributed by atoms with Gasteiger partial charge in [-0.25, -0.2) is 13.4 Å². The Kier molecular flexibility index (Phi) is 5.51. The Morgan fingerprint density at radius 1 is 1.18 bits per heavy atom. The van der Waals surface area contributed by atoms with Crippen molar-refractivity contribution in [1.82, 2.24) is 4.98 Å². The van der Waals surface area contributed by atoms with E-state index in [-0.39, 0.29) is 11.6 Å². The van der Waals surface area contributed by atoms with E-state index in [4.69, 9.17) is 4.74 Å². The van der Waals surface area contributed by atoms with Crippen molar-refractivity contribution in [2.24, 2.45) is 0 Å². The zero-order chi connectivity index (χ0) is 16.0. The lowest BCUT2D eigenvalue weighted by Crippen LogP contribution is -2.27. The highest BCUT2D eigenvalue weighted by atomic mass is 32.2. The molecule has 2 aromatic rings. The van der Waals surface area contributed by atoms with Gasteiger partial charge in [0.25, 0.3) is 0 Å². The van der Waals surface area contributed by atoms with Gasteiger partial charge in [-0.1, -0.05) is 25.1 Å². The van der Waals surface area contributed by atoms with Crippen LogP contribution in [-0.4, -0.2) is 37.0 Å². The number of pyridine rings is 1. The molecular weight excluding hydrogens is 302 g/mol. The van der Waals surface area contributed by atoms with Crippen LogP contribution in [0.4, 0.5) is 0 Å². The lowest BCUT2D eigenvalue weighted by atomic mass is 10.2. The summed E-state index contributed by atoms with van der Waals surface area (Å²) in [5.41, 5.74) is 1.19. The van der Waals surface area contributed by atoms with Crippen molar-refractivity contribution in [3.8, 4) is 5.75 Å². The molecule has 22 heavy (non-hydrogen) atoms. The number of aliphatic hydroxyl groups excluding tert-OH is 1. The van der Waals surface area contributed by atoms with Gasteiger partial charge in [-0.3, -0.25) is 0 Å². The van der Waals surface area contributed by atoms with Crippen molar-refractivity contribution in [2.75, 3.05) is 12.4 Å². The summed E-state index contributed by atoms with van der Waals surface area (Å²) < 4.78 is 29.5. The van der Waals surface area contributed by atoms with Crippen molar-refractivity contribution in [2.45, 2.75) is 24.5 Å². The lowest BCUT2D eigenvalue weighted by molar-refractivity contribution is 0.125. The first-order valence-electron chi connectivity index (χ1n) is 7.05. The van der Waals surface area contributed by atoms with Crippen LogP contribution in [0.3, 0.4) is 0 Å². The van der Waals surface area contributed by atoms with E-state index in [0.717, 1.165) is 6.42 Å². The highest BCUT2D eigenvalue weighted by molar-refractivity contribution is 7.91. The fraction of sp³-hybridized carbons (Fsp3) is 0.312. The average molecular weight is 321 g/mol. The van der Waals surface area contributed by atoms with Gasteiger partial charge in [-0.2, -0.15) is 0 Å². The summed E-state index contributed by atoms with van der Waals surface area (Å²) in [6.07, 6.45) is 1.23. The number of sulfone groups is 1. The van der Waals surface area contributed by atoms with E-state index in [1.165, 1.54) is 17.8 Å². The molecule has 6 heteroatoms. The minimum Gasteiger partial charge on any atom is -0.491 e. The van der Waals surface area contributed by atoms with Crippen molar-refractivity contribution in [3.63, 3.8) is 0 Å². The van der Waals surface area contributed by atoms with E-state index >= 15 is 0 Å². The molecule has 0 aliphatic heterocycles. The van der Waals surface area contributed by atoms with Crippen LogP contribution in [0, 0.1) is 0 Å². The van der Waals surface area contributed by atoms with Gasteiger partial charge in [-0.05, 0) is 36.2 Å². The number of benzene rings is 1. The normalized spacial score (nSPS) is 12.8. The summed E-state index contributed by atoms with van der Waals surface area (Å²) in [6, 6.07) is 12.1. The molecule has 1 aromatic heterocycles. The first-order chi connectivity index (χ1) is 10.5. The molecule has 1 heterocycles. The number of rotatable bonds is 7. The number of hydrogen-bond donors (Lipinski definition) is 1. The summed E-state index contributed by atoms with van der Waals surface area (Å²) in [4.78, 5) is 3.80. The predicted molar refractivity (Wildman–Crippen MR) is 83.6 cm³/mol. The maximum absolute atomic E-state index is 12.1. The zero-order valence-electron chi connectivity index (χ0n) is 12.3. The maximum Gasteiger partial charge on any atom is 0.198 e. The van der Waals surface area contributed by atoms with Crippen LogP contribution in [0.15, 0.2) is 53.7 Å². The van der Waals surface area contributed by atoms with Crippen LogP contribution in [0.2, 0.25) is 0 Å². The van der Waals surface area contributed by atoms with E-state index in [9.17, 15) is 13.5 Å². The van der Waals surface area contributed by atoms with Gasteiger partial charge in [0.15, 0.2) is 14.9 Å². The largest absolute Gasteiger partial charge is 0.491 e. The third kappa shape index (κ3) is 4.54. The maximum atomic E-state index is 12.1. The Morgan fingerprint density at radius 2 is 1.91 bits per heavy atom. The Bertz CT molecular complexity index is 684. The van der Waals surface area contributed by atoms with Gasteiger partial charge in [-0.15, -0.1) is 0 Å². The van der Waals surface area contributed by atoms with Crippen LogP contribution in [-0.2, 0) is 16.3 Å². The Morgan fingerprint density at radius 3 is 2.50 bits per heavy atom. The summed E-state index contributed by atoms with van der Waals surface area (Å²) in [5, 5.41) is 9.84. The van der Waals surface area contributed by atoms with Gasteiger partial charge in [0.1, 0.15) is 18.5 Å². The number of aliphatic hydroxyl groups is 1. The molecule has 0 aliphatic rings. The highest BCUT2D eigenvalue weighted by Crippen LogP contribution is 2.14. The van der Waals surface area contributed by atoms with Crippen LogP contribution in [0.25, 0.3) is 0 Å². The summed E-state index contributed by atoms with van der Waals surface area (Å²) >= 11 is 0. The number of aromatic nitrogens is 1. The molecule has 0 radical (unpaired) electrons. The van der Waals surface area contributed by atoms with Gasteiger partial charge < -0.3 is 9.84 Å². The van der Waals surface area contributed by atoms with E-state index in [1.807, 2.05) is 12.1 Å².